The highest BCUT2D eigenvalue weighted by Gasteiger charge is 2.06. The van der Waals surface area contributed by atoms with E-state index in [1.807, 2.05) is 0 Å². The van der Waals surface area contributed by atoms with Gasteiger partial charge < -0.3 is 19.5 Å². The Morgan fingerprint density at radius 3 is 2.60 bits per heavy atom. The second kappa shape index (κ2) is 10.4. The van der Waals surface area contributed by atoms with Crippen LogP contribution in [0.3, 0.4) is 0 Å². The number of benzene rings is 2. The van der Waals surface area contributed by atoms with Gasteiger partial charge >= 0.3 is 6.09 Å². The summed E-state index contributed by atoms with van der Waals surface area (Å²) in [5, 5.41) is 4.16. The van der Waals surface area contributed by atoms with Crippen LogP contribution >= 0.6 is 39.1 Å². The lowest BCUT2D eigenvalue weighted by Crippen LogP contribution is -2.29. The minimum absolute atomic E-state index is 0.262. The molecule has 2 aromatic rings. The Kier molecular flexibility index (Phi) is 8.18. The van der Waals surface area contributed by atoms with Gasteiger partial charge in [-0.25, -0.2) is 4.79 Å². The first kappa shape index (κ1) is 19.7. The third-order valence-corrected chi connectivity index (χ3v) is 3.73. The van der Waals surface area contributed by atoms with Gasteiger partial charge in [0, 0.05) is 16.4 Å². The molecule has 0 atom stereocenters. The maximum Gasteiger partial charge on any atom is 0.407 e. The largest absolute Gasteiger partial charge is 0.490 e. The molecule has 0 radical (unpaired) electrons. The zero-order valence-electron chi connectivity index (χ0n) is 13.1. The summed E-state index contributed by atoms with van der Waals surface area (Å²) in [4.78, 5) is 11.3. The van der Waals surface area contributed by atoms with E-state index in [0.717, 1.165) is 0 Å². The predicted octanol–water partition coefficient (Wildman–Crippen LogP) is 5.29. The van der Waals surface area contributed by atoms with E-state index >= 15 is 0 Å². The third kappa shape index (κ3) is 7.02. The fourth-order valence-corrected chi connectivity index (χ4v) is 2.39. The Hall–Kier alpha value is -1.63. The Labute approximate surface area is 164 Å². The SMILES string of the molecule is O=C(NCCOc1ccc(Oc2cccc(Cl)c2)cc1Cl)OCCBr. The highest BCUT2D eigenvalue weighted by molar-refractivity contribution is 9.09. The Balaban J connectivity index is 1.82. The lowest BCUT2D eigenvalue weighted by atomic mass is 10.3. The normalized spacial score (nSPS) is 10.2. The van der Waals surface area contributed by atoms with Crippen molar-refractivity contribution in [3.63, 3.8) is 0 Å². The van der Waals surface area contributed by atoms with Gasteiger partial charge in [0.05, 0.1) is 11.6 Å². The van der Waals surface area contributed by atoms with Gasteiger partial charge in [0.25, 0.3) is 0 Å². The van der Waals surface area contributed by atoms with Crippen LogP contribution < -0.4 is 14.8 Å². The molecule has 2 aromatic carbocycles. The molecule has 0 spiro atoms. The van der Waals surface area contributed by atoms with E-state index in [2.05, 4.69) is 21.2 Å². The van der Waals surface area contributed by atoms with Crippen molar-refractivity contribution >= 4 is 45.2 Å². The van der Waals surface area contributed by atoms with Crippen molar-refractivity contribution < 1.29 is 19.0 Å². The fourth-order valence-electron chi connectivity index (χ4n) is 1.83. The van der Waals surface area contributed by atoms with Crippen LogP contribution in [0, 0.1) is 0 Å². The molecule has 0 unspecified atom stereocenters. The Morgan fingerprint density at radius 2 is 1.88 bits per heavy atom. The number of nitrogens with one attached hydrogen (secondary N) is 1. The molecule has 5 nitrogen and oxygen atoms in total. The highest BCUT2D eigenvalue weighted by Crippen LogP contribution is 2.31. The number of hydrogen-bond donors (Lipinski definition) is 1. The summed E-state index contributed by atoms with van der Waals surface area (Å²) in [6.45, 7) is 0.877. The second-order valence-electron chi connectivity index (χ2n) is 4.75. The van der Waals surface area contributed by atoms with E-state index in [4.69, 9.17) is 37.4 Å². The smallest absolute Gasteiger partial charge is 0.407 e. The summed E-state index contributed by atoms with van der Waals surface area (Å²) >= 11 is 15.3. The van der Waals surface area contributed by atoms with Crippen molar-refractivity contribution in [3.05, 3.63) is 52.5 Å². The van der Waals surface area contributed by atoms with Crippen molar-refractivity contribution in [1.82, 2.24) is 5.32 Å². The van der Waals surface area contributed by atoms with Crippen LogP contribution in [0.2, 0.25) is 10.0 Å². The van der Waals surface area contributed by atoms with Gasteiger partial charge in [-0.15, -0.1) is 0 Å². The predicted molar refractivity (Wildman–Crippen MR) is 102 cm³/mol. The molecule has 0 aromatic heterocycles. The minimum Gasteiger partial charge on any atom is -0.490 e. The molecule has 0 bridgehead atoms. The molecule has 0 saturated heterocycles. The van der Waals surface area contributed by atoms with Gasteiger partial charge in [0.2, 0.25) is 0 Å². The molecule has 0 aliphatic heterocycles. The average molecular weight is 449 g/mol. The van der Waals surface area contributed by atoms with Crippen LogP contribution in [0.4, 0.5) is 4.79 Å². The summed E-state index contributed by atoms with van der Waals surface area (Å²) in [5.74, 6) is 1.68. The number of hydrogen-bond acceptors (Lipinski definition) is 4. The average Bonchev–Trinajstić information content (AvgIpc) is 2.58. The van der Waals surface area contributed by atoms with Crippen molar-refractivity contribution in [2.45, 2.75) is 0 Å². The molecule has 0 saturated carbocycles. The topological polar surface area (TPSA) is 56.8 Å². The standard InChI is InChI=1S/C17H16BrCl2NO4/c18-6-8-24-17(22)21-7-9-23-16-5-4-14(11-15(16)20)25-13-3-1-2-12(19)10-13/h1-5,10-11H,6-9H2,(H,21,22). The number of carbonyl (C=O) groups is 1. The number of amides is 1. The molecule has 25 heavy (non-hydrogen) atoms. The van der Waals surface area contributed by atoms with Gasteiger partial charge in [-0.1, -0.05) is 45.2 Å². The number of ether oxygens (including phenoxy) is 3. The number of alkyl halides is 1. The molecular formula is C17H16BrCl2NO4. The molecule has 8 heteroatoms. The van der Waals surface area contributed by atoms with Crippen LogP contribution in [0.5, 0.6) is 17.2 Å². The van der Waals surface area contributed by atoms with E-state index in [9.17, 15) is 4.79 Å². The van der Waals surface area contributed by atoms with Gasteiger partial charge in [-0.2, -0.15) is 0 Å². The van der Waals surface area contributed by atoms with Gasteiger partial charge in [-0.3, -0.25) is 0 Å². The lowest BCUT2D eigenvalue weighted by Gasteiger charge is -2.11. The van der Waals surface area contributed by atoms with Crippen molar-refractivity contribution in [3.8, 4) is 17.2 Å². The van der Waals surface area contributed by atoms with Crippen molar-refractivity contribution in [2.75, 3.05) is 25.1 Å². The van der Waals surface area contributed by atoms with E-state index in [1.54, 1.807) is 42.5 Å². The van der Waals surface area contributed by atoms with Crippen LogP contribution in [0.15, 0.2) is 42.5 Å². The van der Waals surface area contributed by atoms with E-state index < -0.39 is 6.09 Å². The summed E-state index contributed by atoms with van der Waals surface area (Å²) in [6.07, 6.45) is -0.487. The second-order valence-corrected chi connectivity index (χ2v) is 6.39. The highest BCUT2D eigenvalue weighted by atomic mass is 79.9. The lowest BCUT2D eigenvalue weighted by molar-refractivity contribution is 0.151. The number of halogens is 3. The molecular weight excluding hydrogens is 433 g/mol. The first-order valence-electron chi connectivity index (χ1n) is 7.41. The van der Waals surface area contributed by atoms with E-state index in [-0.39, 0.29) is 6.61 Å². The molecule has 134 valence electrons. The monoisotopic (exact) mass is 447 g/mol. The summed E-state index contributed by atoms with van der Waals surface area (Å²) in [5.41, 5.74) is 0. The first-order valence-corrected chi connectivity index (χ1v) is 9.28. The zero-order valence-corrected chi connectivity index (χ0v) is 16.2. The van der Waals surface area contributed by atoms with Crippen LogP contribution in [0.25, 0.3) is 0 Å². The molecule has 1 N–H and O–H groups in total. The maximum absolute atomic E-state index is 11.3. The number of carbonyl (C=O) groups excluding carboxylic acids is 1. The quantitative estimate of drug-likeness (QED) is 0.440. The summed E-state index contributed by atoms with van der Waals surface area (Å²) in [6, 6.07) is 12.2. The molecule has 1 amide bonds. The first-order chi connectivity index (χ1) is 12.1. The molecule has 2 rings (SSSR count). The van der Waals surface area contributed by atoms with Gasteiger partial charge in [0.15, 0.2) is 0 Å². The van der Waals surface area contributed by atoms with Gasteiger partial charge in [0.1, 0.15) is 30.5 Å². The zero-order chi connectivity index (χ0) is 18.1. The number of alkyl carbamates (subject to hydrolysis) is 1. The maximum atomic E-state index is 11.3. The fraction of sp³-hybridized carbons (Fsp3) is 0.235. The van der Waals surface area contributed by atoms with Crippen molar-refractivity contribution in [2.24, 2.45) is 0 Å². The van der Waals surface area contributed by atoms with Gasteiger partial charge in [-0.05, 0) is 30.3 Å². The molecule has 0 fully saturated rings. The Morgan fingerprint density at radius 1 is 1.08 bits per heavy atom. The summed E-state index contributed by atoms with van der Waals surface area (Å²) in [7, 11) is 0. The van der Waals surface area contributed by atoms with Crippen LogP contribution in [-0.2, 0) is 4.74 Å². The Bertz CT molecular complexity index is 715. The molecule has 0 heterocycles. The van der Waals surface area contributed by atoms with E-state index in [0.29, 0.717) is 45.8 Å². The van der Waals surface area contributed by atoms with Crippen LogP contribution in [0.1, 0.15) is 0 Å². The minimum atomic E-state index is -0.487. The summed E-state index contributed by atoms with van der Waals surface area (Å²) < 4.78 is 16.1. The van der Waals surface area contributed by atoms with Crippen molar-refractivity contribution in [1.29, 1.82) is 0 Å². The molecule has 0 aliphatic carbocycles. The molecule has 0 aliphatic rings. The number of rotatable bonds is 8. The van der Waals surface area contributed by atoms with E-state index in [1.165, 1.54) is 0 Å². The third-order valence-electron chi connectivity index (χ3n) is 2.87. The van der Waals surface area contributed by atoms with Crippen LogP contribution in [-0.4, -0.2) is 31.2 Å².